The summed E-state index contributed by atoms with van der Waals surface area (Å²) >= 11 is 1.20. The van der Waals surface area contributed by atoms with Crippen LogP contribution in [0.1, 0.15) is 28.9 Å². The molecular weight excluding hydrogens is 600 g/mol. The van der Waals surface area contributed by atoms with E-state index in [1.807, 2.05) is 0 Å². The van der Waals surface area contributed by atoms with Gasteiger partial charge in [-0.25, -0.2) is 9.37 Å². The fourth-order valence-electron chi connectivity index (χ4n) is 5.05. The number of amides is 1. The number of piperidine rings is 1. The fourth-order valence-corrected chi connectivity index (χ4v) is 5.84. The zero-order chi connectivity index (χ0) is 31.1. The van der Waals surface area contributed by atoms with Gasteiger partial charge in [-0.3, -0.25) is 4.79 Å². The normalized spacial score (nSPS) is 15.3. The van der Waals surface area contributed by atoms with Crippen LogP contribution in [0.4, 0.5) is 28.9 Å². The van der Waals surface area contributed by atoms with Gasteiger partial charge in [0.1, 0.15) is 33.6 Å². The molecule has 2 aromatic carbocycles. The lowest BCUT2D eigenvalue weighted by atomic mass is 9.96. The third kappa shape index (κ3) is 7.68. The number of methoxy groups -OCH3 is 1. The molecule has 5 rings (SSSR count). The maximum absolute atomic E-state index is 14.9. The van der Waals surface area contributed by atoms with Crippen molar-refractivity contribution < 1.29 is 31.8 Å². The monoisotopic (exact) mass is 630 g/mol. The number of nitrogens with one attached hydrogen (secondary N) is 2. The highest BCUT2D eigenvalue weighted by Gasteiger charge is 2.41. The molecule has 1 atom stereocenters. The Morgan fingerprint density at radius 3 is 2.80 bits per heavy atom. The smallest absolute Gasteiger partial charge is 0.422 e. The number of nitrogens with zero attached hydrogens (tertiary/aromatic N) is 4. The third-order valence-electron chi connectivity index (χ3n) is 7.01. The highest BCUT2D eigenvalue weighted by atomic mass is 32.1. The van der Waals surface area contributed by atoms with Crippen molar-refractivity contribution >= 4 is 28.6 Å². The molecule has 2 N–H and O–H groups in total. The summed E-state index contributed by atoms with van der Waals surface area (Å²) in [6.45, 7) is 2.36. The minimum Gasteiger partial charge on any atom is -0.457 e. The predicted molar refractivity (Wildman–Crippen MR) is 159 cm³/mol. The first-order valence-electron chi connectivity index (χ1n) is 13.9. The lowest BCUT2D eigenvalue weighted by Crippen LogP contribution is -2.41. The lowest BCUT2D eigenvalue weighted by molar-refractivity contribution is -0.138. The van der Waals surface area contributed by atoms with E-state index in [1.54, 1.807) is 18.1 Å². The molecule has 0 radical (unpaired) electrons. The second-order valence-electron chi connectivity index (χ2n) is 10.2. The Morgan fingerprint density at radius 2 is 2.05 bits per heavy atom. The van der Waals surface area contributed by atoms with Crippen molar-refractivity contribution in [3.63, 3.8) is 0 Å². The van der Waals surface area contributed by atoms with Crippen molar-refractivity contribution in [2.75, 3.05) is 50.1 Å². The molecule has 0 bridgehead atoms. The zero-order valence-corrected chi connectivity index (χ0v) is 24.6. The van der Waals surface area contributed by atoms with Crippen LogP contribution in [0.5, 0.6) is 11.5 Å². The Kier molecular flexibility index (Phi) is 10.0. The maximum Gasteiger partial charge on any atom is 0.422 e. The third-order valence-corrected chi connectivity index (χ3v) is 7.91. The van der Waals surface area contributed by atoms with Crippen LogP contribution < -0.4 is 20.3 Å². The van der Waals surface area contributed by atoms with Crippen molar-refractivity contribution in [2.45, 2.75) is 19.0 Å². The molecule has 1 aliphatic rings. The van der Waals surface area contributed by atoms with E-state index in [4.69, 9.17) is 9.47 Å². The molecular formula is C30H30F4N6O3S. The summed E-state index contributed by atoms with van der Waals surface area (Å²) < 4.78 is 69.3. The standard InChI is InChI=1S/C30H30F4N6O3S/c1-42-13-11-35-15-19-4-3-12-40(17-19)27-23(38-28(41)24-18-44-29(39-24)20-9-10-36-37-16-20)7-8-25(26(27)30(32,33)34)43-22-6-2-5-21(31)14-22/h2,5-10,14,16,18-19,35H,3-4,11-13,15,17H2,1H3,(H,38,41)/t19-/m0/s1. The van der Waals surface area contributed by atoms with Gasteiger partial charge in [0, 0.05) is 43.8 Å². The number of ether oxygens (including phenoxy) is 2. The molecule has 0 unspecified atom stereocenters. The van der Waals surface area contributed by atoms with E-state index < -0.39 is 29.2 Å². The van der Waals surface area contributed by atoms with Gasteiger partial charge in [-0.1, -0.05) is 6.07 Å². The number of hydrogen-bond donors (Lipinski definition) is 2. The van der Waals surface area contributed by atoms with Crippen molar-refractivity contribution in [3.05, 3.63) is 77.3 Å². The quantitative estimate of drug-likeness (QED) is 0.148. The summed E-state index contributed by atoms with van der Waals surface area (Å²) in [5, 5.41) is 15.5. The van der Waals surface area contributed by atoms with Gasteiger partial charge >= 0.3 is 6.18 Å². The number of alkyl halides is 3. The highest BCUT2D eigenvalue weighted by Crippen LogP contribution is 2.48. The van der Waals surface area contributed by atoms with E-state index in [9.17, 15) is 22.4 Å². The minimum absolute atomic E-state index is 0.0398. The molecule has 1 fully saturated rings. The number of rotatable bonds is 11. The predicted octanol–water partition coefficient (Wildman–Crippen LogP) is 6.26. The van der Waals surface area contributed by atoms with Crippen LogP contribution in [0.3, 0.4) is 0 Å². The number of thiazole rings is 1. The Balaban J connectivity index is 1.51. The van der Waals surface area contributed by atoms with Gasteiger partial charge in [0.25, 0.3) is 5.91 Å². The summed E-state index contributed by atoms with van der Waals surface area (Å²) in [6, 6.07) is 9.10. The highest BCUT2D eigenvalue weighted by molar-refractivity contribution is 7.13. The van der Waals surface area contributed by atoms with Crippen LogP contribution >= 0.6 is 11.3 Å². The van der Waals surface area contributed by atoms with Gasteiger partial charge < -0.3 is 25.0 Å². The minimum atomic E-state index is -4.87. The molecule has 0 saturated carbocycles. The number of carbonyl (C=O) groups is 1. The van der Waals surface area contributed by atoms with Crippen molar-refractivity contribution in [2.24, 2.45) is 5.92 Å². The van der Waals surface area contributed by atoms with E-state index in [-0.39, 0.29) is 28.7 Å². The molecule has 0 spiro atoms. The lowest BCUT2D eigenvalue weighted by Gasteiger charge is -2.37. The first kappa shape index (κ1) is 31.3. The van der Waals surface area contributed by atoms with Gasteiger partial charge in [0.2, 0.25) is 0 Å². The molecule has 1 amide bonds. The van der Waals surface area contributed by atoms with E-state index in [1.165, 1.54) is 53.4 Å². The van der Waals surface area contributed by atoms with Crippen LogP contribution in [0.15, 0.2) is 60.2 Å². The summed E-state index contributed by atoms with van der Waals surface area (Å²) in [4.78, 5) is 19.3. The number of benzene rings is 2. The van der Waals surface area contributed by atoms with Crippen molar-refractivity contribution in [1.82, 2.24) is 20.5 Å². The molecule has 44 heavy (non-hydrogen) atoms. The van der Waals surface area contributed by atoms with Gasteiger partial charge in [-0.2, -0.15) is 23.4 Å². The maximum atomic E-state index is 14.9. The largest absolute Gasteiger partial charge is 0.457 e. The number of aromatic nitrogens is 3. The summed E-state index contributed by atoms with van der Waals surface area (Å²) in [7, 11) is 1.60. The van der Waals surface area contributed by atoms with Crippen molar-refractivity contribution in [3.8, 4) is 22.1 Å². The summed E-state index contributed by atoms with van der Waals surface area (Å²) in [5.41, 5.74) is -0.617. The Bertz CT molecular complexity index is 1570. The molecule has 9 nitrogen and oxygen atoms in total. The first-order chi connectivity index (χ1) is 21.2. The second kappa shape index (κ2) is 14.1. The number of hydrogen-bond acceptors (Lipinski definition) is 9. The summed E-state index contributed by atoms with van der Waals surface area (Å²) in [6.07, 6.45) is -0.406. The fraction of sp³-hybridized carbons (Fsp3) is 0.333. The van der Waals surface area contributed by atoms with Gasteiger partial charge in [-0.15, -0.1) is 11.3 Å². The molecule has 1 saturated heterocycles. The van der Waals surface area contributed by atoms with Crippen LogP contribution in [0.25, 0.3) is 10.6 Å². The molecule has 232 valence electrons. The molecule has 2 aromatic heterocycles. The number of anilines is 2. The Labute approximate surface area is 255 Å². The zero-order valence-electron chi connectivity index (χ0n) is 23.7. The molecule has 0 aliphatic carbocycles. The van der Waals surface area contributed by atoms with Crippen molar-refractivity contribution in [1.29, 1.82) is 0 Å². The van der Waals surface area contributed by atoms with Crippen LogP contribution in [-0.2, 0) is 10.9 Å². The molecule has 4 aromatic rings. The van der Waals surface area contributed by atoms with Crippen LogP contribution in [-0.4, -0.2) is 61.0 Å². The van der Waals surface area contributed by atoms with E-state index >= 15 is 0 Å². The van der Waals surface area contributed by atoms with E-state index in [2.05, 4.69) is 25.8 Å². The average Bonchev–Trinajstić information content (AvgIpc) is 3.51. The molecule has 14 heteroatoms. The van der Waals surface area contributed by atoms with E-state index in [0.717, 1.165) is 18.6 Å². The molecule has 3 heterocycles. The van der Waals surface area contributed by atoms with Crippen LogP contribution in [0.2, 0.25) is 0 Å². The van der Waals surface area contributed by atoms with E-state index in [0.29, 0.717) is 49.8 Å². The van der Waals surface area contributed by atoms with Gasteiger partial charge in [-0.05, 0) is 55.6 Å². The second-order valence-corrected chi connectivity index (χ2v) is 11.0. The number of halogens is 4. The Morgan fingerprint density at radius 1 is 1.18 bits per heavy atom. The van der Waals surface area contributed by atoms with Gasteiger partial charge in [0.05, 0.1) is 30.4 Å². The van der Waals surface area contributed by atoms with Gasteiger partial charge in [0.15, 0.2) is 0 Å². The Hall–Kier alpha value is -4.14. The SMILES string of the molecule is COCCNC[C@@H]1CCCN(c2c(NC(=O)c3csc(-c4ccnnc4)n3)ccc(Oc3cccc(F)c3)c2C(F)(F)F)C1. The number of carbonyl (C=O) groups excluding carboxylic acids is 1. The topological polar surface area (TPSA) is 102 Å². The average molecular weight is 631 g/mol. The first-order valence-corrected chi connectivity index (χ1v) is 14.8. The molecule has 1 aliphatic heterocycles. The van der Waals surface area contributed by atoms with Crippen LogP contribution in [0, 0.1) is 11.7 Å². The summed E-state index contributed by atoms with van der Waals surface area (Å²) in [5.74, 6) is -1.86.